The van der Waals surface area contributed by atoms with Gasteiger partial charge in [0.1, 0.15) is 10.8 Å². The van der Waals surface area contributed by atoms with Crippen molar-refractivity contribution < 1.29 is 14.3 Å². The highest BCUT2D eigenvalue weighted by Gasteiger charge is 2.29. The van der Waals surface area contributed by atoms with Crippen molar-refractivity contribution in [3.8, 4) is 0 Å². The molecule has 158 valence electrons. The first-order valence-electron chi connectivity index (χ1n) is 9.95. The second-order valence-electron chi connectivity index (χ2n) is 7.67. The number of nitrogens with zero attached hydrogens (tertiary/aromatic N) is 3. The maximum atomic E-state index is 12.6. The molecule has 2 aromatic rings. The van der Waals surface area contributed by atoms with Gasteiger partial charge in [0, 0.05) is 17.8 Å². The van der Waals surface area contributed by atoms with Gasteiger partial charge in [-0.15, -0.1) is 21.5 Å². The zero-order valence-corrected chi connectivity index (χ0v) is 19.2. The lowest BCUT2D eigenvalue weighted by molar-refractivity contribution is -0.113. The fourth-order valence-corrected chi connectivity index (χ4v) is 5.64. The third kappa shape index (κ3) is 4.83. The molecule has 7 nitrogen and oxygen atoms in total. The molecule has 0 bridgehead atoms. The summed E-state index contributed by atoms with van der Waals surface area (Å²) in [6.45, 7) is 8.43. The van der Waals surface area contributed by atoms with Crippen molar-refractivity contribution in [2.75, 3.05) is 17.7 Å². The quantitative estimate of drug-likeness (QED) is 0.521. The monoisotopic (exact) mass is 436 g/mol. The first-order valence-corrected chi connectivity index (χ1v) is 11.8. The summed E-state index contributed by atoms with van der Waals surface area (Å²) in [6, 6.07) is 0. The minimum Gasteiger partial charge on any atom is -0.462 e. The molecule has 2 aromatic heterocycles. The number of nitrogens with one attached hydrogen (secondary N) is 1. The van der Waals surface area contributed by atoms with E-state index in [4.69, 9.17) is 4.74 Å². The van der Waals surface area contributed by atoms with Gasteiger partial charge in [-0.3, -0.25) is 4.79 Å². The molecule has 1 amide bonds. The molecule has 2 heterocycles. The number of anilines is 1. The van der Waals surface area contributed by atoms with E-state index in [1.807, 2.05) is 11.6 Å². The maximum absolute atomic E-state index is 12.6. The number of fused-ring (bicyclic) bond motifs is 1. The molecule has 9 heteroatoms. The Kier molecular flexibility index (Phi) is 7.00. The number of carbonyl (C=O) groups excluding carboxylic acids is 2. The summed E-state index contributed by atoms with van der Waals surface area (Å²) in [6.07, 6.45) is 2.83. The van der Waals surface area contributed by atoms with Gasteiger partial charge in [-0.2, -0.15) is 0 Å². The summed E-state index contributed by atoms with van der Waals surface area (Å²) in [4.78, 5) is 26.4. The van der Waals surface area contributed by atoms with E-state index in [-0.39, 0.29) is 23.5 Å². The Morgan fingerprint density at radius 3 is 2.79 bits per heavy atom. The zero-order chi connectivity index (χ0) is 21.1. The summed E-state index contributed by atoms with van der Waals surface area (Å²) < 4.78 is 7.18. The zero-order valence-electron chi connectivity index (χ0n) is 17.6. The van der Waals surface area contributed by atoms with Gasteiger partial charge in [0.2, 0.25) is 5.91 Å². The summed E-state index contributed by atoms with van der Waals surface area (Å²) in [5.74, 6) is 1.42. The van der Waals surface area contributed by atoms with Crippen LogP contribution in [0.5, 0.6) is 0 Å². The van der Waals surface area contributed by atoms with Gasteiger partial charge in [-0.1, -0.05) is 32.5 Å². The van der Waals surface area contributed by atoms with Crippen LogP contribution in [0.1, 0.15) is 66.7 Å². The number of thiophene rings is 1. The third-order valence-electron chi connectivity index (χ3n) is 4.96. The number of amides is 1. The molecule has 0 saturated heterocycles. The Morgan fingerprint density at radius 1 is 1.38 bits per heavy atom. The summed E-state index contributed by atoms with van der Waals surface area (Å²) in [5.41, 5.74) is 1.59. The number of thioether (sulfide) groups is 1. The van der Waals surface area contributed by atoms with Gasteiger partial charge in [0.05, 0.1) is 17.9 Å². The molecular formula is C20H28N4O3S2. The normalized spacial score (nSPS) is 16.0. The first-order chi connectivity index (χ1) is 13.8. The van der Waals surface area contributed by atoms with Crippen molar-refractivity contribution in [1.29, 1.82) is 0 Å². The van der Waals surface area contributed by atoms with Crippen molar-refractivity contribution >= 4 is 40.0 Å². The molecule has 0 aliphatic heterocycles. The SMILES string of the molecule is CCOC(=O)c1c(NC(=O)CSc2nnc(C(C)C)n2C)sc2c1CC[C@H](C)C2. The van der Waals surface area contributed by atoms with Crippen molar-refractivity contribution in [1.82, 2.24) is 14.8 Å². The fourth-order valence-electron chi connectivity index (χ4n) is 3.51. The topological polar surface area (TPSA) is 86.1 Å². The Balaban J connectivity index is 1.73. The van der Waals surface area contributed by atoms with E-state index in [0.29, 0.717) is 28.2 Å². The molecule has 0 saturated carbocycles. The van der Waals surface area contributed by atoms with E-state index >= 15 is 0 Å². The van der Waals surface area contributed by atoms with Crippen LogP contribution in [0.4, 0.5) is 5.00 Å². The molecular weight excluding hydrogens is 408 g/mol. The van der Waals surface area contributed by atoms with Crippen LogP contribution < -0.4 is 5.32 Å². The average Bonchev–Trinajstić information content (AvgIpc) is 3.19. The van der Waals surface area contributed by atoms with Crippen LogP contribution in [0.2, 0.25) is 0 Å². The van der Waals surface area contributed by atoms with Crippen LogP contribution >= 0.6 is 23.1 Å². The van der Waals surface area contributed by atoms with E-state index in [1.54, 1.807) is 6.92 Å². The number of rotatable bonds is 7. The second-order valence-corrected chi connectivity index (χ2v) is 9.72. The molecule has 0 radical (unpaired) electrons. The molecule has 0 aromatic carbocycles. The van der Waals surface area contributed by atoms with Gasteiger partial charge >= 0.3 is 5.97 Å². The average molecular weight is 437 g/mol. The standard InChI is InChI=1S/C20H28N4O3S2/c1-6-27-19(26)16-13-8-7-12(4)9-14(13)29-18(16)21-15(25)10-28-20-23-22-17(11(2)3)24(20)5/h11-12H,6-10H2,1-5H3,(H,21,25)/t12-/m0/s1. The molecule has 0 unspecified atom stereocenters. The van der Waals surface area contributed by atoms with Gasteiger partial charge < -0.3 is 14.6 Å². The van der Waals surface area contributed by atoms with Crippen molar-refractivity contribution in [2.24, 2.45) is 13.0 Å². The van der Waals surface area contributed by atoms with E-state index in [0.717, 1.165) is 30.7 Å². The van der Waals surface area contributed by atoms with Crippen LogP contribution in [0.15, 0.2) is 5.16 Å². The highest BCUT2D eigenvalue weighted by atomic mass is 32.2. The summed E-state index contributed by atoms with van der Waals surface area (Å²) in [7, 11) is 1.91. The van der Waals surface area contributed by atoms with Crippen molar-refractivity contribution in [3.63, 3.8) is 0 Å². The van der Waals surface area contributed by atoms with Crippen LogP contribution in [0, 0.1) is 5.92 Å². The predicted octanol–water partition coefficient (Wildman–Crippen LogP) is 4.03. The van der Waals surface area contributed by atoms with Gasteiger partial charge in [0.15, 0.2) is 5.16 Å². The Morgan fingerprint density at radius 2 is 2.14 bits per heavy atom. The highest BCUT2D eigenvalue weighted by Crippen LogP contribution is 2.40. The predicted molar refractivity (Wildman–Crippen MR) is 116 cm³/mol. The van der Waals surface area contributed by atoms with Crippen molar-refractivity contribution in [2.45, 2.75) is 58.0 Å². The van der Waals surface area contributed by atoms with Crippen LogP contribution in [-0.4, -0.2) is 39.0 Å². The largest absolute Gasteiger partial charge is 0.462 e. The van der Waals surface area contributed by atoms with E-state index in [1.165, 1.54) is 28.0 Å². The molecule has 1 aliphatic rings. The van der Waals surface area contributed by atoms with Gasteiger partial charge in [0.25, 0.3) is 0 Å². The lowest BCUT2D eigenvalue weighted by Gasteiger charge is -2.18. The number of ether oxygens (including phenoxy) is 1. The van der Waals surface area contributed by atoms with Crippen LogP contribution in [0.3, 0.4) is 0 Å². The fraction of sp³-hybridized carbons (Fsp3) is 0.600. The van der Waals surface area contributed by atoms with E-state index in [9.17, 15) is 9.59 Å². The second kappa shape index (κ2) is 9.30. The minimum absolute atomic E-state index is 0.165. The number of esters is 1. The molecule has 3 rings (SSSR count). The molecule has 1 aliphatic carbocycles. The van der Waals surface area contributed by atoms with Crippen LogP contribution in [-0.2, 0) is 29.4 Å². The molecule has 1 N–H and O–H groups in total. The van der Waals surface area contributed by atoms with Gasteiger partial charge in [-0.05, 0) is 37.7 Å². The smallest absolute Gasteiger partial charge is 0.341 e. The van der Waals surface area contributed by atoms with E-state index in [2.05, 4.69) is 36.3 Å². The molecule has 29 heavy (non-hydrogen) atoms. The first kappa shape index (κ1) is 21.8. The summed E-state index contributed by atoms with van der Waals surface area (Å²) >= 11 is 2.84. The lowest BCUT2D eigenvalue weighted by Crippen LogP contribution is -2.18. The third-order valence-corrected chi connectivity index (χ3v) is 7.15. The lowest BCUT2D eigenvalue weighted by atomic mass is 9.88. The maximum Gasteiger partial charge on any atom is 0.341 e. The van der Waals surface area contributed by atoms with Crippen LogP contribution in [0.25, 0.3) is 0 Å². The number of hydrogen-bond donors (Lipinski definition) is 1. The minimum atomic E-state index is -0.350. The van der Waals surface area contributed by atoms with Crippen molar-refractivity contribution in [3.05, 3.63) is 21.8 Å². The Hall–Kier alpha value is -1.87. The Bertz CT molecular complexity index is 904. The Labute approximate surface area is 179 Å². The number of hydrogen-bond acceptors (Lipinski definition) is 7. The molecule has 1 atom stereocenters. The molecule has 0 spiro atoms. The number of carbonyl (C=O) groups is 2. The van der Waals surface area contributed by atoms with Gasteiger partial charge in [-0.25, -0.2) is 4.79 Å². The number of aromatic nitrogens is 3. The molecule has 0 fully saturated rings. The highest BCUT2D eigenvalue weighted by molar-refractivity contribution is 7.99. The van der Waals surface area contributed by atoms with E-state index < -0.39 is 0 Å². The summed E-state index contributed by atoms with van der Waals surface area (Å²) in [5, 5.41) is 12.6.